The minimum absolute atomic E-state index is 0.143. The van der Waals surface area contributed by atoms with Crippen LogP contribution in [0.2, 0.25) is 0 Å². The lowest BCUT2D eigenvalue weighted by atomic mass is 10.1. The number of nitrogens with zero attached hydrogens (tertiary/aromatic N) is 3. The second-order valence-corrected chi connectivity index (χ2v) is 6.28. The normalized spacial score (nSPS) is 23.8. The van der Waals surface area contributed by atoms with Crippen LogP contribution in [0.1, 0.15) is 19.3 Å². The summed E-state index contributed by atoms with van der Waals surface area (Å²) >= 11 is 0. The lowest BCUT2D eigenvalue weighted by molar-refractivity contribution is -0.133. The molecule has 0 saturated carbocycles. The molecule has 0 spiro atoms. The highest BCUT2D eigenvalue weighted by Gasteiger charge is 2.25. The Hall–Kier alpha value is -1.14. The second kappa shape index (κ2) is 7.75. The van der Waals surface area contributed by atoms with E-state index in [0.717, 1.165) is 26.1 Å². The van der Waals surface area contributed by atoms with E-state index in [1.165, 1.54) is 0 Å². The fraction of sp³-hybridized carbons (Fsp3) is 0.867. The van der Waals surface area contributed by atoms with Gasteiger partial charge in [-0.25, -0.2) is 0 Å². The van der Waals surface area contributed by atoms with Gasteiger partial charge in [-0.15, -0.1) is 0 Å². The Balaban J connectivity index is 1.80. The summed E-state index contributed by atoms with van der Waals surface area (Å²) in [5.41, 5.74) is 0. The van der Waals surface area contributed by atoms with Crippen LogP contribution < -0.4 is 0 Å². The summed E-state index contributed by atoms with van der Waals surface area (Å²) in [6.07, 6.45) is 1.99. The number of carbonyl (C=O) groups is 2. The molecule has 120 valence electrons. The van der Waals surface area contributed by atoms with Gasteiger partial charge in [0.25, 0.3) is 0 Å². The van der Waals surface area contributed by atoms with E-state index in [0.29, 0.717) is 45.1 Å². The molecule has 1 atom stereocenters. The van der Waals surface area contributed by atoms with Gasteiger partial charge >= 0.3 is 0 Å². The van der Waals surface area contributed by atoms with Gasteiger partial charge in [0.1, 0.15) is 0 Å². The lowest BCUT2D eigenvalue weighted by Crippen LogP contribution is -2.40. The van der Waals surface area contributed by atoms with Gasteiger partial charge in [0.15, 0.2) is 0 Å². The van der Waals surface area contributed by atoms with Gasteiger partial charge in [-0.3, -0.25) is 9.59 Å². The third-order valence-electron chi connectivity index (χ3n) is 4.08. The van der Waals surface area contributed by atoms with Crippen molar-refractivity contribution in [2.24, 2.45) is 5.92 Å². The Morgan fingerprint density at radius 2 is 2.19 bits per heavy atom. The van der Waals surface area contributed by atoms with Gasteiger partial charge in [0, 0.05) is 51.5 Å². The summed E-state index contributed by atoms with van der Waals surface area (Å²) in [5, 5.41) is 0. The zero-order chi connectivity index (χ0) is 15.2. The molecule has 0 aromatic heterocycles. The summed E-state index contributed by atoms with van der Waals surface area (Å²) in [4.78, 5) is 29.8. The predicted molar refractivity (Wildman–Crippen MR) is 79.9 cm³/mol. The Kier molecular flexibility index (Phi) is 5.99. The van der Waals surface area contributed by atoms with Crippen molar-refractivity contribution < 1.29 is 14.3 Å². The smallest absolute Gasteiger partial charge is 0.224 e. The average Bonchev–Trinajstić information content (AvgIpc) is 2.70. The largest absolute Gasteiger partial charge is 0.379 e. The summed E-state index contributed by atoms with van der Waals surface area (Å²) in [6, 6.07) is 0. The quantitative estimate of drug-likeness (QED) is 0.719. The van der Waals surface area contributed by atoms with Crippen LogP contribution in [0.4, 0.5) is 0 Å². The van der Waals surface area contributed by atoms with Gasteiger partial charge in [0.2, 0.25) is 11.8 Å². The van der Waals surface area contributed by atoms with Crippen molar-refractivity contribution in [3.8, 4) is 0 Å². The van der Waals surface area contributed by atoms with E-state index in [1.54, 1.807) is 0 Å². The molecule has 21 heavy (non-hydrogen) atoms. The molecule has 6 nitrogen and oxygen atoms in total. The summed E-state index contributed by atoms with van der Waals surface area (Å²) in [7, 11) is 4.08. The molecule has 6 heteroatoms. The molecule has 0 aromatic carbocycles. The lowest BCUT2D eigenvalue weighted by Gasteiger charge is -2.26. The van der Waals surface area contributed by atoms with Gasteiger partial charge < -0.3 is 19.4 Å². The zero-order valence-corrected chi connectivity index (χ0v) is 13.2. The number of ether oxygens (including phenoxy) is 1. The molecule has 2 fully saturated rings. The van der Waals surface area contributed by atoms with E-state index in [-0.39, 0.29) is 11.8 Å². The van der Waals surface area contributed by atoms with Crippen LogP contribution >= 0.6 is 0 Å². The van der Waals surface area contributed by atoms with Crippen LogP contribution in [0.5, 0.6) is 0 Å². The summed E-state index contributed by atoms with van der Waals surface area (Å²) < 4.78 is 5.60. The number of carbonyl (C=O) groups excluding carboxylic acids is 2. The minimum Gasteiger partial charge on any atom is -0.379 e. The Labute approximate surface area is 127 Å². The molecule has 0 unspecified atom stereocenters. The van der Waals surface area contributed by atoms with E-state index in [9.17, 15) is 9.59 Å². The molecular formula is C15H27N3O3. The fourth-order valence-corrected chi connectivity index (χ4v) is 3.06. The monoisotopic (exact) mass is 297 g/mol. The van der Waals surface area contributed by atoms with Crippen LogP contribution in [0, 0.1) is 5.92 Å². The number of hydrogen-bond donors (Lipinski definition) is 0. The van der Waals surface area contributed by atoms with Gasteiger partial charge in [-0.1, -0.05) is 0 Å². The third kappa shape index (κ3) is 4.97. The molecule has 0 N–H and O–H groups in total. The first-order chi connectivity index (χ1) is 10.1. The van der Waals surface area contributed by atoms with Crippen LogP contribution in [-0.4, -0.2) is 86.5 Å². The number of rotatable bonds is 5. The molecule has 2 heterocycles. The molecule has 0 bridgehead atoms. The van der Waals surface area contributed by atoms with E-state index in [1.807, 2.05) is 23.9 Å². The van der Waals surface area contributed by atoms with Crippen LogP contribution in [-0.2, 0) is 14.3 Å². The topological polar surface area (TPSA) is 53.1 Å². The number of amides is 2. The SMILES string of the molecule is CN(C)C[C@@H]1COCCN(C(=O)CCN2CCCC2=O)C1. The second-order valence-electron chi connectivity index (χ2n) is 6.28. The third-order valence-corrected chi connectivity index (χ3v) is 4.08. The Morgan fingerprint density at radius 3 is 2.86 bits per heavy atom. The zero-order valence-electron chi connectivity index (χ0n) is 13.2. The van der Waals surface area contributed by atoms with Gasteiger partial charge in [-0.2, -0.15) is 0 Å². The van der Waals surface area contributed by atoms with Crippen molar-refractivity contribution >= 4 is 11.8 Å². The fourth-order valence-electron chi connectivity index (χ4n) is 3.06. The molecule has 2 rings (SSSR count). The van der Waals surface area contributed by atoms with Crippen molar-refractivity contribution in [1.29, 1.82) is 0 Å². The highest BCUT2D eigenvalue weighted by atomic mass is 16.5. The highest BCUT2D eigenvalue weighted by Crippen LogP contribution is 2.12. The van der Waals surface area contributed by atoms with Crippen molar-refractivity contribution in [1.82, 2.24) is 14.7 Å². The van der Waals surface area contributed by atoms with Gasteiger partial charge in [-0.05, 0) is 20.5 Å². The molecule has 2 aliphatic heterocycles. The van der Waals surface area contributed by atoms with Gasteiger partial charge in [0.05, 0.1) is 13.2 Å². The molecular weight excluding hydrogens is 270 g/mol. The summed E-state index contributed by atoms with van der Waals surface area (Å²) in [5.74, 6) is 0.691. The maximum atomic E-state index is 12.4. The Morgan fingerprint density at radius 1 is 1.38 bits per heavy atom. The summed E-state index contributed by atoms with van der Waals surface area (Å²) in [6.45, 7) is 5.03. The molecule has 2 aliphatic rings. The number of hydrogen-bond acceptors (Lipinski definition) is 4. The molecule has 2 amide bonds. The average molecular weight is 297 g/mol. The van der Waals surface area contributed by atoms with Crippen molar-refractivity contribution in [2.45, 2.75) is 19.3 Å². The van der Waals surface area contributed by atoms with E-state index in [4.69, 9.17) is 4.74 Å². The molecule has 0 aliphatic carbocycles. The highest BCUT2D eigenvalue weighted by molar-refractivity contribution is 5.80. The van der Waals surface area contributed by atoms with Crippen LogP contribution in [0.3, 0.4) is 0 Å². The van der Waals surface area contributed by atoms with Crippen molar-refractivity contribution in [3.63, 3.8) is 0 Å². The first-order valence-electron chi connectivity index (χ1n) is 7.84. The minimum atomic E-state index is 0.143. The molecule has 2 saturated heterocycles. The van der Waals surface area contributed by atoms with E-state index >= 15 is 0 Å². The molecule has 0 aromatic rings. The van der Waals surface area contributed by atoms with Crippen LogP contribution in [0.15, 0.2) is 0 Å². The van der Waals surface area contributed by atoms with Crippen molar-refractivity contribution in [2.75, 3.05) is 60.0 Å². The molecule has 0 radical (unpaired) electrons. The Bertz CT molecular complexity index is 373. The van der Waals surface area contributed by atoms with Crippen LogP contribution in [0.25, 0.3) is 0 Å². The predicted octanol–water partition coefficient (Wildman–Crippen LogP) is 0.0355. The standard InChI is InChI=1S/C15H27N3O3/c1-16(2)10-13-11-18(8-9-21-12-13)15(20)5-7-17-6-3-4-14(17)19/h13H,3-12H2,1-2H3/t13-/m0/s1. The van der Waals surface area contributed by atoms with E-state index < -0.39 is 0 Å². The number of likely N-dealkylation sites (tertiary alicyclic amines) is 1. The maximum Gasteiger partial charge on any atom is 0.224 e. The van der Waals surface area contributed by atoms with E-state index in [2.05, 4.69) is 4.90 Å². The first kappa shape index (κ1) is 16.2. The maximum absolute atomic E-state index is 12.4. The first-order valence-corrected chi connectivity index (χ1v) is 7.84. The van der Waals surface area contributed by atoms with Crippen molar-refractivity contribution in [3.05, 3.63) is 0 Å².